The van der Waals surface area contributed by atoms with Crippen LogP contribution in [0.5, 0.6) is 0 Å². The van der Waals surface area contributed by atoms with Gasteiger partial charge in [0.05, 0.1) is 5.01 Å². The normalized spacial score (nSPS) is 12.9. The third kappa shape index (κ3) is 4.37. The van der Waals surface area contributed by atoms with Crippen LogP contribution in [0.25, 0.3) is 0 Å². The number of nitrogens with two attached hydrogens (primary N) is 1. The Balaban J connectivity index is 0.00000225. The molecule has 1 heterocycles. The maximum absolute atomic E-state index is 5.63. The highest BCUT2D eigenvalue weighted by atomic mass is 35.5. The number of aromatic nitrogens is 1. The molecule has 1 rings (SSSR count). The second-order valence-electron chi connectivity index (χ2n) is 4.32. The van der Waals surface area contributed by atoms with E-state index >= 15 is 0 Å². The summed E-state index contributed by atoms with van der Waals surface area (Å²) < 4.78 is 0. The third-order valence-electron chi connectivity index (χ3n) is 2.56. The second-order valence-corrected chi connectivity index (χ2v) is 5.47. The number of nitrogens with zero attached hydrogens (tertiary/aromatic N) is 2. The first kappa shape index (κ1) is 15.8. The third-order valence-corrected chi connectivity index (χ3v) is 3.85. The molecular formula is C11H22ClN3S. The van der Waals surface area contributed by atoms with Crippen LogP contribution in [0, 0.1) is 0 Å². The Bertz CT molecular complexity index is 301. The van der Waals surface area contributed by atoms with Crippen LogP contribution in [0.3, 0.4) is 0 Å². The van der Waals surface area contributed by atoms with E-state index in [2.05, 4.69) is 37.7 Å². The van der Waals surface area contributed by atoms with Crippen LogP contribution < -0.4 is 5.73 Å². The molecule has 0 aliphatic rings. The summed E-state index contributed by atoms with van der Waals surface area (Å²) in [5.41, 5.74) is 5.63. The molecule has 0 amide bonds. The molecule has 0 aromatic carbocycles. The molecule has 0 spiro atoms. The van der Waals surface area contributed by atoms with E-state index in [0.29, 0.717) is 18.5 Å². The molecule has 0 bridgehead atoms. The van der Waals surface area contributed by atoms with Gasteiger partial charge in [-0.05, 0) is 14.0 Å². The molecule has 5 heteroatoms. The molecule has 16 heavy (non-hydrogen) atoms. The van der Waals surface area contributed by atoms with Gasteiger partial charge in [-0.15, -0.1) is 23.7 Å². The SMILES string of the molecule is CC(C)c1ncc(CN(C)C(C)CN)s1.Cl. The van der Waals surface area contributed by atoms with Gasteiger partial charge in [-0.1, -0.05) is 13.8 Å². The summed E-state index contributed by atoms with van der Waals surface area (Å²) >= 11 is 1.80. The molecule has 1 aromatic heterocycles. The maximum atomic E-state index is 5.63. The molecule has 3 nitrogen and oxygen atoms in total. The number of hydrogen-bond donors (Lipinski definition) is 1. The van der Waals surface area contributed by atoms with Gasteiger partial charge in [-0.25, -0.2) is 4.98 Å². The molecule has 94 valence electrons. The van der Waals surface area contributed by atoms with E-state index in [1.54, 1.807) is 11.3 Å². The van der Waals surface area contributed by atoms with Crippen molar-refractivity contribution in [3.05, 3.63) is 16.1 Å². The fourth-order valence-corrected chi connectivity index (χ4v) is 2.23. The van der Waals surface area contributed by atoms with E-state index in [9.17, 15) is 0 Å². The molecule has 1 unspecified atom stereocenters. The number of thiazole rings is 1. The molecule has 0 aliphatic heterocycles. The average Bonchev–Trinajstić information content (AvgIpc) is 2.65. The van der Waals surface area contributed by atoms with Crippen molar-refractivity contribution in [3.8, 4) is 0 Å². The largest absolute Gasteiger partial charge is 0.329 e. The highest BCUT2D eigenvalue weighted by molar-refractivity contribution is 7.11. The lowest BCUT2D eigenvalue weighted by Gasteiger charge is -2.22. The molecular weight excluding hydrogens is 242 g/mol. The van der Waals surface area contributed by atoms with Gasteiger partial charge in [0.25, 0.3) is 0 Å². The Morgan fingerprint density at radius 2 is 2.06 bits per heavy atom. The summed E-state index contributed by atoms with van der Waals surface area (Å²) in [6.07, 6.45) is 1.99. The molecule has 0 radical (unpaired) electrons. The van der Waals surface area contributed by atoms with Crippen LogP contribution in [0.4, 0.5) is 0 Å². The number of rotatable bonds is 5. The van der Waals surface area contributed by atoms with Crippen LogP contribution in [-0.4, -0.2) is 29.5 Å². The monoisotopic (exact) mass is 263 g/mol. The van der Waals surface area contributed by atoms with Crippen molar-refractivity contribution in [2.75, 3.05) is 13.6 Å². The van der Waals surface area contributed by atoms with Crippen LogP contribution in [-0.2, 0) is 6.54 Å². The predicted molar refractivity (Wildman–Crippen MR) is 73.4 cm³/mol. The van der Waals surface area contributed by atoms with Crippen molar-refractivity contribution >= 4 is 23.7 Å². The van der Waals surface area contributed by atoms with Gasteiger partial charge in [-0.2, -0.15) is 0 Å². The molecule has 1 atom stereocenters. The lowest BCUT2D eigenvalue weighted by Crippen LogP contribution is -2.34. The summed E-state index contributed by atoms with van der Waals surface area (Å²) in [5, 5.41) is 1.22. The van der Waals surface area contributed by atoms with E-state index in [-0.39, 0.29) is 12.4 Å². The minimum absolute atomic E-state index is 0. The summed E-state index contributed by atoms with van der Waals surface area (Å²) in [5.74, 6) is 0.529. The van der Waals surface area contributed by atoms with Gasteiger partial charge in [0.2, 0.25) is 0 Å². The van der Waals surface area contributed by atoms with Crippen molar-refractivity contribution in [1.82, 2.24) is 9.88 Å². The first-order chi connectivity index (χ1) is 7.04. The number of likely N-dealkylation sites (N-methyl/N-ethyl adjacent to an activating group) is 1. The summed E-state index contributed by atoms with van der Waals surface area (Å²) in [6, 6.07) is 0.426. The average molecular weight is 264 g/mol. The molecule has 1 aromatic rings. The zero-order chi connectivity index (χ0) is 11.4. The second kappa shape index (κ2) is 7.22. The standard InChI is InChI=1S/C11H21N3S.ClH/c1-8(2)11-13-6-10(15-11)7-14(4)9(3)5-12;/h6,8-9H,5,7,12H2,1-4H3;1H. The molecule has 2 N–H and O–H groups in total. The Kier molecular flexibility index (Phi) is 7.15. The minimum atomic E-state index is 0. The van der Waals surface area contributed by atoms with Gasteiger partial charge < -0.3 is 5.73 Å². The van der Waals surface area contributed by atoms with Gasteiger partial charge in [0.1, 0.15) is 0 Å². The van der Waals surface area contributed by atoms with Crippen molar-refractivity contribution in [3.63, 3.8) is 0 Å². The summed E-state index contributed by atoms with van der Waals surface area (Å²) in [7, 11) is 2.10. The van der Waals surface area contributed by atoms with Crippen molar-refractivity contribution < 1.29 is 0 Å². The fourth-order valence-electron chi connectivity index (χ4n) is 1.24. The number of halogens is 1. The van der Waals surface area contributed by atoms with E-state index < -0.39 is 0 Å². The fraction of sp³-hybridized carbons (Fsp3) is 0.727. The molecule has 0 fully saturated rings. The maximum Gasteiger partial charge on any atom is 0.0953 e. The highest BCUT2D eigenvalue weighted by Crippen LogP contribution is 2.22. The Morgan fingerprint density at radius 1 is 1.44 bits per heavy atom. The van der Waals surface area contributed by atoms with Gasteiger partial charge in [0, 0.05) is 36.1 Å². The molecule has 0 saturated heterocycles. The van der Waals surface area contributed by atoms with E-state index in [0.717, 1.165) is 6.54 Å². The lowest BCUT2D eigenvalue weighted by molar-refractivity contribution is 0.257. The Morgan fingerprint density at radius 3 is 2.50 bits per heavy atom. The first-order valence-electron chi connectivity index (χ1n) is 5.39. The molecule has 0 saturated carbocycles. The van der Waals surface area contributed by atoms with Crippen molar-refractivity contribution in [2.45, 2.75) is 39.3 Å². The smallest absolute Gasteiger partial charge is 0.0953 e. The van der Waals surface area contributed by atoms with Gasteiger partial charge >= 0.3 is 0 Å². The zero-order valence-corrected chi connectivity index (χ0v) is 12.1. The van der Waals surface area contributed by atoms with Crippen LogP contribution in [0.1, 0.15) is 36.6 Å². The van der Waals surface area contributed by atoms with Crippen LogP contribution in [0.2, 0.25) is 0 Å². The van der Waals surface area contributed by atoms with Crippen molar-refractivity contribution in [1.29, 1.82) is 0 Å². The highest BCUT2D eigenvalue weighted by Gasteiger charge is 2.11. The van der Waals surface area contributed by atoms with Gasteiger partial charge in [0.15, 0.2) is 0 Å². The predicted octanol–water partition coefficient (Wildman–Crippen LogP) is 2.47. The van der Waals surface area contributed by atoms with E-state index in [1.165, 1.54) is 9.88 Å². The van der Waals surface area contributed by atoms with Gasteiger partial charge in [-0.3, -0.25) is 4.90 Å². The van der Waals surface area contributed by atoms with Crippen molar-refractivity contribution in [2.24, 2.45) is 5.73 Å². The molecule has 0 aliphatic carbocycles. The Labute approximate surface area is 108 Å². The summed E-state index contributed by atoms with van der Waals surface area (Å²) in [6.45, 7) is 8.14. The quantitative estimate of drug-likeness (QED) is 0.888. The minimum Gasteiger partial charge on any atom is -0.329 e. The number of hydrogen-bond acceptors (Lipinski definition) is 4. The van der Waals surface area contributed by atoms with Crippen LogP contribution >= 0.6 is 23.7 Å². The lowest BCUT2D eigenvalue weighted by atomic mass is 10.2. The Hall–Kier alpha value is -0.160. The van der Waals surface area contributed by atoms with E-state index in [4.69, 9.17) is 5.73 Å². The zero-order valence-electron chi connectivity index (χ0n) is 10.4. The van der Waals surface area contributed by atoms with Crippen LogP contribution in [0.15, 0.2) is 6.20 Å². The van der Waals surface area contributed by atoms with E-state index in [1.807, 2.05) is 6.20 Å². The topological polar surface area (TPSA) is 42.2 Å². The first-order valence-corrected chi connectivity index (χ1v) is 6.21. The summed E-state index contributed by atoms with van der Waals surface area (Å²) in [4.78, 5) is 8.00.